The predicted molar refractivity (Wildman–Crippen MR) is 137 cm³/mol. The molecule has 36 heavy (non-hydrogen) atoms. The third-order valence-corrected chi connectivity index (χ3v) is 6.55. The zero-order valence-electron chi connectivity index (χ0n) is 20.2. The van der Waals surface area contributed by atoms with Crippen LogP contribution in [0.3, 0.4) is 0 Å². The van der Waals surface area contributed by atoms with Crippen LogP contribution in [0.4, 0.5) is 0 Å². The summed E-state index contributed by atoms with van der Waals surface area (Å²) in [5, 5.41) is 6.96. The molecule has 1 aromatic heterocycles. The molecule has 0 bridgehead atoms. The van der Waals surface area contributed by atoms with Crippen molar-refractivity contribution in [1.29, 1.82) is 0 Å². The molecule has 1 fully saturated rings. The molecular weight excluding hydrogens is 482 g/mol. The van der Waals surface area contributed by atoms with Crippen molar-refractivity contribution >= 4 is 40.3 Å². The largest absolute Gasteiger partial charge is 0.493 e. The molecule has 1 atom stereocenters. The Hall–Kier alpha value is -3.52. The highest BCUT2D eigenvalue weighted by Gasteiger charge is 2.24. The minimum atomic E-state index is -0.417. The molecule has 1 unspecified atom stereocenters. The summed E-state index contributed by atoms with van der Waals surface area (Å²) in [6, 6.07) is 14.9. The SMILES string of the molecule is COc1cc(Cl)cc2cc(C(=O)N3CCCNC(=O)CCC(c4ccccc4)CCNC(=O)C3)oc12. The maximum absolute atomic E-state index is 13.3. The molecular formula is C27H30ClN3O5. The van der Waals surface area contributed by atoms with E-state index in [0.29, 0.717) is 60.5 Å². The zero-order chi connectivity index (χ0) is 25.5. The van der Waals surface area contributed by atoms with Crippen LogP contribution >= 0.6 is 11.6 Å². The van der Waals surface area contributed by atoms with Crippen LogP contribution in [0.25, 0.3) is 11.0 Å². The Balaban J connectivity index is 1.50. The third kappa shape index (κ3) is 6.37. The Bertz CT molecular complexity index is 1230. The molecule has 0 aliphatic carbocycles. The van der Waals surface area contributed by atoms with Crippen molar-refractivity contribution in [3.8, 4) is 5.75 Å². The van der Waals surface area contributed by atoms with E-state index in [4.69, 9.17) is 20.8 Å². The van der Waals surface area contributed by atoms with Crippen LogP contribution in [0.1, 0.15) is 47.7 Å². The molecule has 2 N–H and O–H groups in total. The number of furan rings is 1. The molecule has 0 spiro atoms. The monoisotopic (exact) mass is 511 g/mol. The molecule has 2 heterocycles. The third-order valence-electron chi connectivity index (χ3n) is 6.33. The molecule has 0 saturated carbocycles. The van der Waals surface area contributed by atoms with Gasteiger partial charge in [0.15, 0.2) is 17.1 Å². The molecule has 9 heteroatoms. The Labute approximate surface area is 214 Å². The molecule has 4 rings (SSSR count). The molecule has 190 valence electrons. The van der Waals surface area contributed by atoms with Gasteiger partial charge in [0, 0.05) is 42.5 Å². The second-order valence-electron chi connectivity index (χ2n) is 8.85. The first kappa shape index (κ1) is 25.6. The average molecular weight is 512 g/mol. The van der Waals surface area contributed by atoms with E-state index in [1.807, 2.05) is 30.3 Å². The van der Waals surface area contributed by atoms with E-state index >= 15 is 0 Å². The highest BCUT2D eigenvalue weighted by molar-refractivity contribution is 6.31. The molecule has 1 aliphatic heterocycles. The van der Waals surface area contributed by atoms with Gasteiger partial charge in [0.25, 0.3) is 5.91 Å². The summed E-state index contributed by atoms with van der Waals surface area (Å²) in [4.78, 5) is 39.9. The molecule has 0 radical (unpaired) electrons. The number of benzene rings is 2. The van der Waals surface area contributed by atoms with Gasteiger partial charge in [-0.25, -0.2) is 0 Å². The van der Waals surface area contributed by atoms with Gasteiger partial charge in [0.1, 0.15) is 0 Å². The van der Waals surface area contributed by atoms with Gasteiger partial charge in [-0.1, -0.05) is 41.9 Å². The summed E-state index contributed by atoms with van der Waals surface area (Å²) < 4.78 is 11.1. The first-order valence-electron chi connectivity index (χ1n) is 12.1. The van der Waals surface area contributed by atoms with Crippen LogP contribution in [-0.4, -0.2) is 55.9 Å². The lowest BCUT2D eigenvalue weighted by atomic mass is 9.91. The Morgan fingerprint density at radius 1 is 1.06 bits per heavy atom. The fourth-order valence-electron chi connectivity index (χ4n) is 4.46. The van der Waals surface area contributed by atoms with Gasteiger partial charge in [-0.05, 0) is 42.9 Å². The van der Waals surface area contributed by atoms with Crippen molar-refractivity contribution in [2.45, 2.75) is 31.6 Å². The summed E-state index contributed by atoms with van der Waals surface area (Å²) in [6.45, 7) is 1.03. The van der Waals surface area contributed by atoms with Crippen molar-refractivity contribution in [3.63, 3.8) is 0 Å². The van der Waals surface area contributed by atoms with Gasteiger partial charge in [0.2, 0.25) is 11.8 Å². The highest BCUT2D eigenvalue weighted by atomic mass is 35.5. The number of ether oxygens (including phenoxy) is 1. The van der Waals surface area contributed by atoms with Crippen molar-refractivity contribution in [3.05, 3.63) is 64.9 Å². The fraction of sp³-hybridized carbons (Fsp3) is 0.370. The number of nitrogens with zero attached hydrogens (tertiary/aromatic N) is 1. The number of rotatable bonds is 3. The van der Waals surface area contributed by atoms with Crippen LogP contribution in [0.5, 0.6) is 5.75 Å². The molecule has 3 amide bonds. The van der Waals surface area contributed by atoms with E-state index in [-0.39, 0.29) is 36.6 Å². The van der Waals surface area contributed by atoms with Crippen molar-refractivity contribution in [1.82, 2.24) is 15.5 Å². The smallest absolute Gasteiger partial charge is 0.290 e. The quantitative estimate of drug-likeness (QED) is 0.550. The number of nitrogens with one attached hydrogen (secondary N) is 2. The molecule has 2 aromatic carbocycles. The van der Waals surface area contributed by atoms with Crippen LogP contribution in [0.15, 0.2) is 52.9 Å². The number of hydrogen-bond donors (Lipinski definition) is 2. The highest BCUT2D eigenvalue weighted by Crippen LogP contribution is 2.32. The van der Waals surface area contributed by atoms with Crippen molar-refractivity contribution < 1.29 is 23.5 Å². The van der Waals surface area contributed by atoms with Gasteiger partial charge >= 0.3 is 0 Å². The summed E-state index contributed by atoms with van der Waals surface area (Å²) >= 11 is 6.14. The van der Waals surface area contributed by atoms with Gasteiger partial charge in [-0.3, -0.25) is 14.4 Å². The number of amides is 3. The van der Waals surface area contributed by atoms with E-state index in [9.17, 15) is 14.4 Å². The lowest BCUT2D eigenvalue weighted by molar-refractivity contribution is -0.123. The number of halogens is 1. The first-order chi connectivity index (χ1) is 17.4. The second-order valence-corrected chi connectivity index (χ2v) is 9.29. The second kappa shape index (κ2) is 11.9. The maximum Gasteiger partial charge on any atom is 0.290 e. The Kier molecular flexibility index (Phi) is 8.48. The topological polar surface area (TPSA) is 101 Å². The van der Waals surface area contributed by atoms with Gasteiger partial charge in [-0.15, -0.1) is 0 Å². The number of hydrogen-bond acceptors (Lipinski definition) is 5. The van der Waals surface area contributed by atoms with E-state index in [1.54, 1.807) is 18.2 Å². The van der Waals surface area contributed by atoms with Crippen LogP contribution < -0.4 is 15.4 Å². The van der Waals surface area contributed by atoms with Crippen LogP contribution in [0.2, 0.25) is 5.02 Å². The average Bonchev–Trinajstić information content (AvgIpc) is 3.31. The molecule has 3 aromatic rings. The lowest BCUT2D eigenvalue weighted by Crippen LogP contribution is -2.42. The van der Waals surface area contributed by atoms with Crippen LogP contribution in [0, 0.1) is 0 Å². The van der Waals surface area contributed by atoms with Gasteiger partial charge < -0.3 is 24.7 Å². The van der Waals surface area contributed by atoms with E-state index in [2.05, 4.69) is 10.6 Å². The van der Waals surface area contributed by atoms with E-state index in [0.717, 1.165) is 5.56 Å². The summed E-state index contributed by atoms with van der Waals surface area (Å²) in [7, 11) is 1.50. The van der Waals surface area contributed by atoms with Gasteiger partial charge in [-0.2, -0.15) is 0 Å². The van der Waals surface area contributed by atoms with Crippen LogP contribution in [-0.2, 0) is 9.59 Å². The normalized spacial score (nSPS) is 18.3. The number of fused-ring (bicyclic) bond motifs is 1. The van der Waals surface area contributed by atoms with E-state index in [1.165, 1.54) is 12.0 Å². The fourth-order valence-corrected chi connectivity index (χ4v) is 4.68. The lowest BCUT2D eigenvalue weighted by Gasteiger charge is -2.23. The zero-order valence-corrected chi connectivity index (χ0v) is 21.0. The van der Waals surface area contributed by atoms with Gasteiger partial charge in [0.05, 0.1) is 13.7 Å². The summed E-state index contributed by atoms with van der Waals surface area (Å²) in [5.74, 6) is -0.0156. The number of carbonyl (C=O) groups is 3. The minimum absolute atomic E-state index is 0.0174. The first-order valence-corrected chi connectivity index (χ1v) is 12.5. The Morgan fingerprint density at radius 3 is 2.61 bits per heavy atom. The standard InChI is InChI=1S/C27H30ClN3O5/c1-35-22-16-21(28)14-20-15-23(36-26(20)22)27(34)31-13-5-11-29-24(32)9-8-19(10-12-30-25(33)17-31)18-6-3-2-4-7-18/h2-4,6-7,14-16,19H,5,8-13,17H2,1H3,(H,29,32)(H,30,33). The summed E-state index contributed by atoms with van der Waals surface area (Å²) in [5.41, 5.74) is 1.56. The van der Waals surface area contributed by atoms with Crippen molar-refractivity contribution in [2.24, 2.45) is 0 Å². The summed E-state index contributed by atoms with van der Waals surface area (Å²) in [6.07, 6.45) is 2.30. The molecule has 1 saturated heterocycles. The maximum atomic E-state index is 13.3. The number of methoxy groups -OCH3 is 1. The van der Waals surface area contributed by atoms with Crippen molar-refractivity contribution in [2.75, 3.05) is 33.3 Å². The minimum Gasteiger partial charge on any atom is -0.493 e. The van der Waals surface area contributed by atoms with E-state index < -0.39 is 5.91 Å². The molecule has 1 aliphatic rings. The Morgan fingerprint density at radius 2 is 1.83 bits per heavy atom. The molecule has 8 nitrogen and oxygen atoms in total. The predicted octanol–water partition coefficient (Wildman–Crippen LogP) is 4.13. The number of carbonyl (C=O) groups excluding carboxylic acids is 3.